The molecule has 0 aliphatic carbocycles. The summed E-state index contributed by atoms with van der Waals surface area (Å²) in [5.74, 6) is 0.832. The third-order valence-corrected chi connectivity index (χ3v) is 3.07. The summed E-state index contributed by atoms with van der Waals surface area (Å²) < 4.78 is 1.57. The van der Waals surface area contributed by atoms with Crippen molar-refractivity contribution in [3.05, 3.63) is 41.3 Å². The molecule has 2 rings (SSSR count). The van der Waals surface area contributed by atoms with Crippen molar-refractivity contribution in [1.29, 1.82) is 0 Å². The van der Waals surface area contributed by atoms with Crippen molar-refractivity contribution in [2.45, 2.75) is 27.3 Å². The molecule has 0 saturated heterocycles. The lowest BCUT2D eigenvalue weighted by Gasteiger charge is -2.10. The van der Waals surface area contributed by atoms with Gasteiger partial charge in [0.1, 0.15) is 0 Å². The molecule has 0 radical (unpaired) electrons. The minimum absolute atomic E-state index is 0.374. The normalized spacial score (nSPS) is 11.0. The molecule has 0 fully saturated rings. The highest BCUT2D eigenvalue weighted by Gasteiger charge is 2.09. The molecule has 0 aromatic carbocycles. The first-order valence-corrected chi connectivity index (χ1v) is 6.98. The Bertz CT molecular complexity index is 633. The van der Waals surface area contributed by atoms with Crippen LogP contribution in [-0.2, 0) is 6.54 Å². The van der Waals surface area contributed by atoms with Crippen LogP contribution in [0.5, 0.6) is 0 Å². The minimum Gasteiger partial charge on any atom is -0.366 e. The standard InChI is InChI=1S/C15H21N5O/c1-10(2)5-17-6-12-4-11(3)15(18-7-12)20-9-13(8-19-20)14(16)21/h4,7-10,17H,5-6H2,1-3H3,(H2,16,21). The van der Waals surface area contributed by atoms with Gasteiger partial charge in [-0.3, -0.25) is 4.79 Å². The number of primary amides is 1. The number of aromatic nitrogens is 3. The SMILES string of the molecule is Cc1cc(CNCC(C)C)cnc1-n1cc(C(N)=O)cn1. The van der Waals surface area contributed by atoms with Crippen LogP contribution in [0.4, 0.5) is 0 Å². The van der Waals surface area contributed by atoms with Gasteiger partial charge in [-0.2, -0.15) is 5.10 Å². The van der Waals surface area contributed by atoms with Crippen LogP contribution in [0.2, 0.25) is 0 Å². The van der Waals surface area contributed by atoms with E-state index in [2.05, 4.69) is 35.3 Å². The van der Waals surface area contributed by atoms with Crippen LogP contribution in [0.1, 0.15) is 35.3 Å². The lowest BCUT2D eigenvalue weighted by Crippen LogP contribution is -2.19. The number of amides is 1. The molecule has 1 amide bonds. The molecule has 2 aromatic rings. The molecule has 0 bridgehead atoms. The zero-order valence-corrected chi connectivity index (χ0v) is 12.6. The van der Waals surface area contributed by atoms with E-state index in [-0.39, 0.29) is 0 Å². The van der Waals surface area contributed by atoms with Gasteiger partial charge < -0.3 is 11.1 Å². The summed E-state index contributed by atoms with van der Waals surface area (Å²) in [6.45, 7) is 8.08. The Balaban J connectivity index is 2.13. The van der Waals surface area contributed by atoms with Gasteiger partial charge in [0.05, 0.1) is 11.8 Å². The third kappa shape index (κ3) is 3.88. The highest BCUT2D eigenvalue weighted by atomic mass is 16.1. The number of hydrogen-bond acceptors (Lipinski definition) is 4. The molecule has 3 N–H and O–H groups in total. The lowest BCUT2D eigenvalue weighted by molar-refractivity contribution is 0.100. The van der Waals surface area contributed by atoms with Gasteiger partial charge in [-0.1, -0.05) is 13.8 Å². The average Bonchev–Trinajstić information content (AvgIpc) is 2.88. The Morgan fingerprint density at radius 1 is 1.43 bits per heavy atom. The second-order valence-electron chi connectivity index (χ2n) is 5.55. The number of hydrogen-bond donors (Lipinski definition) is 2. The second kappa shape index (κ2) is 6.49. The fraction of sp³-hybridized carbons (Fsp3) is 0.400. The van der Waals surface area contributed by atoms with Crippen molar-refractivity contribution in [3.8, 4) is 5.82 Å². The predicted molar refractivity (Wildman–Crippen MR) is 81.2 cm³/mol. The number of nitrogens with one attached hydrogen (secondary N) is 1. The maximum absolute atomic E-state index is 11.1. The minimum atomic E-state index is -0.492. The fourth-order valence-corrected chi connectivity index (χ4v) is 2.03. The third-order valence-electron chi connectivity index (χ3n) is 3.07. The first-order chi connectivity index (χ1) is 9.97. The molecule has 0 unspecified atom stereocenters. The van der Waals surface area contributed by atoms with Crippen molar-refractivity contribution in [1.82, 2.24) is 20.1 Å². The van der Waals surface area contributed by atoms with E-state index in [4.69, 9.17) is 5.73 Å². The molecule has 0 atom stereocenters. The highest BCUT2D eigenvalue weighted by Crippen LogP contribution is 2.13. The molecule has 6 heteroatoms. The van der Waals surface area contributed by atoms with E-state index >= 15 is 0 Å². The van der Waals surface area contributed by atoms with E-state index < -0.39 is 5.91 Å². The quantitative estimate of drug-likeness (QED) is 0.841. The van der Waals surface area contributed by atoms with Crippen molar-refractivity contribution in [2.24, 2.45) is 11.7 Å². The Kier molecular flexibility index (Phi) is 4.70. The number of carbonyl (C=O) groups is 1. The van der Waals surface area contributed by atoms with Crippen LogP contribution in [0.25, 0.3) is 5.82 Å². The Hall–Kier alpha value is -2.21. The lowest BCUT2D eigenvalue weighted by atomic mass is 10.2. The van der Waals surface area contributed by atoms with Gasteiger partial charge >= 0.3 is 0 Å². The molecular formula is C15H21N5O. The molecule has 0 aliphatic heterocycles. The summed E-state index contributed by atoms with van der Waals surface area (Å²) in [7, 11) is 0. The number of nitrogens with zero attached hydrogens (tertiary/aromatic N) is 3. The molecular weight excluding hydrogens is 266 g/mol. The van der Waals surface area contributed by atoms with Gasteiger partial charge in [0, 0.05) is 18.9 Å². The summed E-state index contributed by atoms with van der Waals surface area (Å²) >= 11 is 0. The number of carbonyl (C=O) groups excluding carboxylic acids is 1. The Morgan fingerprint density at radius 2 is 2.19 bits per heavy atom. The maximum atomic E-state index is 11.1. The smallest absolute Gasteiger partial charge is 0.251 e. The fourth-order valence-electron chi connectivity index (χ4n) is 2.03. The van der Waals surface area contributed by atoms with Gasteiger partial charge in [0.15, 0.2) is 5.82 Å². The molecule has 2 aromatic heterocycles. The van der Waals surface area contributed by atoms with Crippen LogP contribution >= 0.6 is 0 Å². The summed E-state index contributed by atoms with van der Waals surface area (Å²) in [6.07, 6.45) is 4.86. The molecule has 6 nitrogen and oxygen atoms in total. The van der Waals surface area contributed by atoms with E-state index in [1.807, 2.05) is 13.1 Å². The van der Waals surface area contributed by atoms with Crippen molar-refractivity contribution < 1.29 is 4.79 Å². The predicted octanol–water partition coefficient (Wildman–Crippen LogP) is 1.42. The Morgan fingerprint density at radius 3 is 2.76 bits per heavy atom. The molecule has 21 heavy (non-hydrogen) atoms. The largest absolute Gasteiger partial charge is 0.366 e. The summed E-state index contributed by atoms with van der Waals surface area (Å²) in [4.78, 5) is 15.5. The average molecular weight is 287 g/mol. The number of pyridine rings is 1. The topological polar surface area (TPSA) is 85.8 Å². The maximum Gasteiger partial charge on any atom is 0.251 e. The van der Waals surface area contributed by atoms with Crippen molar-refractivity contribution in [3.63, 3.8) is 0 Å². The second-order valence-corrected chi connectivity index (χ2v) is 5.55. The van der Waals surface area contributed by atoms with Crippen LogP contribution in [0, 0.1) is 12.8 Å². The van der Waals surface area contributed by atoms with Gasteiger partial charge in [-0.05, 0) is 36.6 Å². The summed E-state index contributed by atoms with van der Waals surface area (Å²) in [6, 6.07) is 2.07. The van der Waals surface area contributed by atoms with Crippen LogP contribution in [0.3, 0.4) is 0 Å². The van der Waals surface area contributed by atoms with E-state index in [0.29, 0.717) is 17.3 Å². The monoisotopic (exact) mass is 287 g/mol. The first kappa shape index (κ1) is 15.2. The Labute approximate surface area is 124 Å². The molecule has 112 valence electrons. The first-order valence-electron chi connectivity index (χ1n) is 6.98. The van der Waals surface area contributed by atoms with Crippen molar-refractivity contribution >= 4 is 5.91 Å². The number of nitrogens with two attached hydrogens (primary N) is 1. The van der Waals surface area contributed by atoms with Gasteiger partial charge in [-0.25, -0.2) is 9.67 Å². The molecule has 0 saturated carbocycles. The van der Waals surface area contributed by atoms with Gasteiger partial charge in [-0.15, -0.1) is 0 Å². The highest BCUT2D eigenvalue weighted by molar-refractivity contribution is 5.92. The summed E-state index contributed by atoms with van der Waals surface area (Å²) in [5.41, 5.74) is 7.72. The molecule has 2 heterocycles. The van der Waals surface area contributed by atoms with E-state index in [1.54, 1.807) is 10.9 Å². The van der Waals surface area contributed by atoms with Crippen LogP contribution < -0.4 is 11.1 Å². The zero-order chi connectivity index (χ0) is 15.4. The van der Waals surface area contributed by atoms with E-state index in [0.717, 1.165) is 24.2 Å². The number of rotatable bonds is 6. The van der Waals surface area contributed by atoms with Crippen molar-refractivity contribution in [2.75, 3.05) is 6.54 Å². The van der Waals surface area contributed by atoms with E-state index in [9.17, 15) is 4.79 Å². The number of aryl methyl sites for hydroxylation is 1. The van der Waals surface area contributed by atoms with Gasteiger partial charge in [0.2, 0.25) is 0 Å². The zero-order valence-electron chi connectivity index (χ0n) is 12.6. The van der Waals surface area contributed by atoms with Gasteiger partial charge in [0.25, 0.3) is 5.91 Å². The van der Waals surface area contributed by atoms with E-state index in [1.165, 1.54) is 6.20 Å². The van der Waals surface area contributed by atoms with Crippen LogP contribution in [0.15, 0.2) is 24.7 Å². The summed E-state index contributed by atoms with van der Waals surface area (Å²) in [5, 5.41) is 7.50. The molecule has 0 spiro atoms. The van der Waals surface area contributed by atoms with Crippen LogP contribution in [-0.4, -0.2) is 27.2 Å². The molecule has 0 aliphatic rings.